The molecule has 1 aliphatic carbocycles. The summed E-state index contributed by atoms with van der Waals surface area (Å²) in [6, 6.07) is 0.332. The Balaban J connectivity index is 1.41. The molecule has 1 aliphatic heterocycles. The number of aromatic nitrogens is 2. The summed E-state index contributed by atoms with van der Waals surface area (Å²) in [7, 11) is 0. The zero-order valence-electron chi connectivity index (χ0n) is 12.7. The van der Waals surface area contributed by atoms with Crippen LogP contribution in [0.25, 0.3) is 0 Å². The summed E-state index contributed by atoms with van der Waals surface area (Å²) in [5, 5.41) is 11.1. The quantitative estimate of drug-likeness (QED) is 0.913. The highest BCUT2D eigenvalue weighted by molar-refractivity contribution is 5.79. The van der Waals surface area contributed by atoms with Crippen LogP contribution in [0.15, 0.2) is 4.42 Å². The monoisotopic (exact) mass is 292 g/mol. The first-order valence-electron chi connectivity index (χ1n) is 8.02. The fourth-order valence-corrected chi connectivity index (χ4v) is 3.34. The van der Waals surface area contributed by atoms with Gasteiger partial charge in [0.2, 0.25) is 17.7 Å². The smallest absolute Gasteiger partial charge is 0.230 e. The van der Waals surface area contributed by atoms with Crippen molar-refractivity contribution in [3.63, 3.8) is 0 Å². The number of hydrogen-bond donors (Lipinski definition) is 1. The van der Waals surface area contributed by atoms with Gasteiger partial charge in [-0.2, -0.15) is 0 Å². The fourth-order valence-electron chi connectivity index (χ4n) is 3.34. The maximum absolute atomic E-state index is 12.1. The Hall–Kier alpha value is -1.43. The summed E-state index contributed by atoms with van der Waals surface area (Å²) in [6.07, 6.45) is 6.57. The van der Waals surface area contributed by atoms with Gasteiger partial charge in [0.25, 0.3) is 0 Å². The van der Waals surface area contributed by atoms with Crippen molar-refractivity contribution >= 4 is 5.91 Å². The minimum Gasteiger partial charge on any atom is -0.424 e. The molecule has 1 aromatic heterocycles. The molecule has 0 aromatic carbocycles. The second kappa shape index (κ2) is 6.56. The fraction of sp³-hybridized carbons (Fsp3) is 0.800. The summed E-state index contributed by atoms with van der Waals surface area (Å²) in [4.78, 5) is 14.4. The van der Waals surface area contributed by atoms with Gasteiger partial charge in [-0.25, -0.2) is 0 Å². The van der Waals surface area contributed by atoms with E-state index in [1.165, 1.54) is 12.8 Å². The Morgan fingerprint density at radius 3 is 2.57 bits per heavy atom. The Bertz CT molecular complexity index is 474. The van der Waals surface area contributed by atoms with E-state index < -0.39 is 0 Å². The lowest BCUT2D eigenvalue weighted by Crippen LogP contribution is -2.45. The second-order valence-corrected chi connectivity index (χ2v) is 6.26. The molecule has 1 saturated carbocycles. The first kappa shape index (κ1) is 14.5. The van der Waals surface area contributed by atoms with Crippen molar-refractivity contribution < 1.29 is 9.21 Å². The van der Waals surface area contributed by atoms with Crippen molar-refractivity contribution in [2.45, 2.75) is 58.0 Å². The molecular weight excluding hydrogens is 268 g/mol. The van der Waals surface area contributed by atoms with Crippen LogP contribution >= 0.6 is 0 Å². The highest BCUT2D eigenvalue weighted by atomic mass is 16.4. The highest BCUT2D eigenvalue weighted by Crippen LogP contribution is 2.25. The molecule has 0 atom stereocenters. The number of piperidine rings is 1. The van der Waals surface area contributed by atoms with Crippen molar-refractivity contribution in [1.82, 2.24) is 20.4 Å². The van der Waals surface area contributed by atoms with Gasteiger partial charge in [-0.15, -0.1) is 10.2 Å². The molecule has 2 heterocycles. The molecule has 2 fully saturated rings. The number of likely N-dealkylation sites (tertiary alicyclic amines) is 1. The molecule has 0 spiro atoms. The zero-order valence-corrected chi connectivity index (χ0v) is 12.7. The lowest BCUT2D eigenvalue weighted by molar-refractivity contribution is -0.125. The lowest BCUT2D eigenvalue weighted by Gasteiger charge is -2.32. The molecule has 0 radical (unpaired) electrons. The predicted octanol–water partition coefficient (Wildman–Crippen LogP) is 1.65. The number of carbonyl (C=O) groups is 1. The molecule has 0 bridgehead atoms. The van der Waals surface area contributed by atoms with Crippen LogP contribution in [-0.4, -0.2) is 40.1 Å². The van der Waals surface area contributed by atoms with Crippen molar-refractivity contribution in [1.29, 1.82) is 0 Å². The molecule has 1 N–H and O–H groups in total. The SMILES string of the molecule is Cc1nnc(CN2CCC(NC(=O)C3CCCC3)CC2)o1. The van der Waals surface area contributed by atoms with E-state index in [-0.39, 0.29) is 11.8 Å². The summed E-state index contributed by atoms with van der Waals surface area (Å²) >= 11 is 0. The molecule has 1 aromatic rings. The minimum absolute atomic E-state index is 0.268. The van der Waals surface area contributed by atoms with Gasteiger partial charge in [0, 0.05) is 32.0 Å². The van der Waals surface area contributed by atoms with E-state index in [1.54, 1.807) is 6.92 Å². The number of nitrogens with one attached hydrogen (secondary N) is 1. The number of nitrogens with zero attached hydrogens (tertiary/aromatic N) is 3. The van der Waals surface area contributed by atoms with E-state index in [9.17, 15) is 4.79 Å². The van der Waals surface area contributed by atoms with Gasteiger partial charge in [-0.3, -0.25) is 9.69 Å². The highest BCUT2D eigenvalue weighted by Gasteiger charge is 2.27. The van der Waals surface area contributed by atoms with Crippen LogP contribution < -0.4 is 5.32 Å². The van der Waals surface area contributed by atoms with E-state index >= 15 is 0 Å². The molecule has 1 amide bonds. The molecule has 21 heavy (non-hydrogen) atoms. The topological polar surface area (TPSA) is 71.3 Å². The van der Waals surface area contributed by atoms with E-state index in [0.717, 1.165) is 38.8 Å². The van der Waals surface area contributed by atoms with Crippen LogP contribution in [0, 0.1) is 12.8 Å². The van der Waals surface area contributed by atoms with Gasteiger partial charge >= 0.3 is 0 Å². The average molecular weight is 292 g/mol. The molecule has 6 nitrogen and oxygen atoms in total. The first-order valence-corrected chi connectivity index (χ1v) is 8.02. The molecule has 0 unspecified atom stereocenters. The number of aryl methyl sites for hydroxylation is 1. The van der Waals surface area contributed by atoms with Crippen LogP contribution in [-0.2, 0) is 11.3 Å². The van der Waals surface area contributed by atoms with Crippen LogP contribution in [0.4, 0.5) is 0 Å². The number of hydrogen-bond acceptors (Lipinski definition) is 5. The van der Waals surface area contributed by atoms with Crippen molar-refractivity contribution in [3.8, 4) is 0 Å². The Kier molecular flexibility index (Phi) is 4.53. The van der Waals surface area contributed by atoms with E-state index in [2.05, 4.69) is 20.4 Å². The van der Waals surface area contributed by atoms with E-state index in [0.29, 0.717) is 24.4 Å². The van der Waals surface area contributed by atoms with Crippen molar-refractivity contribution in [2.24, 2.45) is 5.92 Å². The average Bonchev–Trinajstić information content (AvgIpc) is 3.13. The van der Waals surface area contributed by atoms with Gasteiger partial charge < -0.3 is 9.73 Å². The maximum Gasteiger partial charge on any atom is 0.230 e. The van der Waals surface area contributed by atoms with Gasteiger partial charge in [0.05, 0.1) is 6.54 Å². The second-order valence-electron chi connectivity index (χ2n) is 6.26. The van der Waals surface area contributed by atoms with E-state index in [1.807, 2.05) is 0 Å². The lowest BCUT2D eigenvalue weighted by atomic mass is 10.0. The largest absolute Gasteiger partial charge is 0.424 e. The van der Waals surface area contributed by atoms with Crippen LogP contribution in [0.1, 0.15) is 50.3 Å². The first-order chi connectivity index (χ1) is 10.2. The van der Waals surface area contributed by atoms with Gasteiger partial charge in [-0.1, -0.05) is 12.8 Å². The van der Waals surface area contributed by atoms with Crippen LogP contribution in [0.2, 0.25) is 0 Å². The van der Waals surface area contributed by atoms with Gasteiger partial charge in [0.15, 0.2) is 0 Å². The molecule has 2 aliphatic rings. The molecule has 6 heteroatoms. The Morgan fingerprint density at radius 1 is 1.24 bits per heavy atom. The predicted molar refractivity (Wildman–Crippen MR) is 77.4 cm³/mol. The summed E-state index contributed by atoms with van der Waals surface area (Å²) in [6.45, 7) is 4.46. The molecule has 1 saturated heterocycles. The third-order valence-corrected chi connectivity index (χ3v) is 4.59. The Labute approximate surface area is 125 Å². The summed E-state index contributed by atoms with van der Waals surface area (Å²) in [5.41, 5.74) is 0. The third kappa shape index (κ3) is 3.81. The number of amides is 1. The van der Waals surface area contributed by atoms with Gasteiger partial charge in [-0.05, 0) is 25.7 Å². The van der Waals surface area contributed by atoms with Gasteiger partial charge in [0.1, 0.15) is 0 Å². The summed E-state index contributed by atoms with van der Waals surface area (Å²) < 4.78 is 5.41. The van der Waals surface area contributed by atoms with Crippen LogP contribution in [0.5, 0.6) is 0 Å². The normalized spacial score (nSPS) is 21.8. The number of rotatable bonds is 4. The standard InChI is InChI=1S/C15H24N4O2/c1-11-17-18-14(21-11)10-19-8-6-13(7-9-19)16-15(20)12-4-2-3-5-12/h12-13H,2-10H2,1H3,(H,16,20). The summed E-state index contributed by atoms with van der Waals surface area (Å²) in [5.74, 6) is 1.84. The van der Waals surface area contributed by atoms with Crippen molar-refractivity contribution in [3.05, 3.63) is 11.8 Å². The van der Waals surface area contributed by atoms with Crippen molar-refractivity contribution in [2.75, 3.05) is 13.1 Å². The van der Waals surface area contributed by atoms with Crippen LogP contribution in [0.3, 0.4) is 0 Å². The molecule has 116 valence electrons. The third-order valence-electron chi connectivity index (χ3n) is 4.59. The number of carbonyl (C=O) groups excluding carboxylic acids is 1. The zero-order chi connectivity index (χ0) is 14.7. The van der Waals surface area contributed by atoms with E-state index in [4.69, 9.17) is 4.42 Å². The maximum atomic E-state index is 12.1. The molecular formula is C15H24N4O2. The minimum atomic E-state index is 0.268. The Morgan fingerprint density at radius 2 is 1.95 bits per heavy atom. The molecule has 3 rings (SSSR count).